The van der Waals surface area contributed by atoms with Crippen LogP contribution in [-0.2, 0) is 23.3 Å². The molecular weight excluding hydrogens is 622 g/mol. The van der Waals surface area contributed by atoms with Crippen LogP contribution in [0.4, 0.5) is 0 Å². The number of aromatic nitrogens is 4. The Morgan fingerprint density at radius 3 is 1.50 bits per heavy atom. The zero-order valence-corrected chi connectivity index (χ0v) is 27.8. The molecule has 4 saturated carbocycles. The number of pyridine rings is 2. The number of nitrogens with zero attached hydrogens (tertiary/aromatic N) is 5. The van der Waals surface area contributed by atoms with Crippen LogP contribution in [0.15, 0.2) is 132 Å². The van der Waals surface area contributed by atoms with Crippen molar-refractivity contribution in [2.24, 2.45) is 21.2 Å². The van der Waals surface area contributed by atoms with Crippen molar-refractivity contribution >= 4 is 4.40 Å². The Morgan fingerprint density at radius 1 is 0.659 bits per heavy atom. The fraction of sp³-hybridized carbons (Fsp3) is 0.342. The van der Waals surface area contributed by atoms with Gasteiger partial charge < -0.3 is 9.97 Å². The summed E-state index contributed by atoms with van der Waals surface area (Å²) in [6.07, 6.45) is 19.4. The van der Waals surface area contributed by atoms with Crippen molar-refractivity contribution in [1.29, 1.82) is 0 Å². The van der Waals surface area contributed by atoms with Crippen LogP contribution in [0.2, 0.25) is 0 Å². The van der Waals surface area contributed by atoms with Gasteiger partial charge in [-0.25, -0.2) is 0 Å². The van der Waals surface area contributed by atoms with Crippen molar-refractivity contribution in [1.82, 2.24) is 19.9 Å². The van der Waals surface area contributed by atoms with E-state index in [1.165, 1.54) is 44.1 Å². The van der Waals surface area contributed by atoms with Crippen LogP contribution in [0.1, 0.15) is 57.9 Å². The average Bonchev–Trinajstić information content (AvgIpc) is 3.83. The summed E-state index contributed by atoms with van der Waals surface area (Å²) in [5.74, 6) is 3.05. The first-order chi connectivity index (χ1) is 21.5. The van der Waals surface area contributed by atoms with Gasteiger partial charge in [-0.15, -0.1) is 0 Å². The Labute approximate surface area is 270 Å². The summed E-state index contributed by atoms with van der Waals surface area (Å²) in [5.41, 5.74) is 3.85. The molecule has 4 aromatic heterocycles. The molecule has 226 valence electrons. The summed E-state index contributed by atoms with van der Waals surface area (Å²) in [4.78, 5) is 15.8. The van der Waals surface area contributed by atoms with Crippen LogP contribution in [0, 0.1) is 17.8 Å². The summed E-state index contributed by atoms with van der Waals surface area (Å²) >= 11 is -0.353. The second kappa shape index (κ2) is 16.0. The van der Waals surface area contributed by atoms with Gasteiger partial charge >= 0.3 is 143 Å². The number of rotatable bonds is 4. The van der Waals surface area contributed by atoms with Crippen LogP contribution in [0.3, 0.4) is 0 Å². The molecule has 0 N–H and O–H groups in total. The van der Waals surface area contributed by atoms with Gasteiger partial charge in [0.05, 0.1) is 11.4 Å². The molecule has 0 radical (unpaired) electrons. The zero-order chi connectivity index (χ0) is 30.5. The van der Waals surface area contributed by atoms with Crippen LogP contribution >= 0.6 is 0 Å². The molecule has 0 spiro atoms. The van der Waals surface area contributed by atoms with Crippen LogP contribution in [0.5, 0.6) is 0 Å². The minimum atomic E-state index is -0.353. The molecule has 44 heavy (non-hydrogen) atoms. The predicted octanol–water partition coefficient (Wildman–Crippen LogP) is 8.43. The number of benzene rings is 1. The monoisotopic (exact) mass is 667 g/mol. The summed E-state index contributed by atoms with van der Waals surface area (Å²) in [5, 5.41) is 0. The molecule has 4 aliphatic rings. The van der Waals surface area contributed by atoms with Crippen LogP contribution in [0.25, 0.3) is 11.4 Å². The van der Waals surface area contributed by atoms with E-state index in [9.17, 15) is 0 Å². The van der Waals surface area contributed by atoms with E-state index in [1.54, 1.807) is 37.2 Å². The molecule has 0 unspecified atom stereocenters. The quantitative estimate of drug-likeness (QED) is 0.181. The van der Waals surface area contributed by atoms with Crippen molar-refractivity contribution in [2.45, 2.75) is 63.3 Å². The first-order valence-electron chi connectivity index (χ1n) is 15.6. The maximum absolute atomic E-state index is 5.40. The topological polar surface area (TPSA) is 66.3 Å². The molecule has 0 aliphatic heterocycles. The van der Waals surface area contributed by atoms with E-state index in [4.69, 9.17) is 3.50 Å². The molecular formula is C38H43MoN5. The number of hydrogen-bond acceptors (Lipinski definition) is 3. The van der Waals surface area contributed by atoms with E-state index in [0.29, 0.717) is 5.54 Å². The van der Waals surface area contributed by atoms with Gasteiger partial charge in [-0.05, 0) is 24.3 Å². The fourth-order valence-corrected chi connectivity index (χ4v) is 9.12. The summed E-state index contributed by atoms with van der Waals surface area (Å²) in [6.45, 7) is 4.70. The van der Waals surface area contributed by atoms with E-state index in [0.717, 1.165) is 29.1 Å². The second-order valence-corrected chi connectivity index (χ2v) is 14.2. The summed E-state index contributed by atoms with van der Waals surface area (Å²) in [7, 11) is 0. The second-order valence-electron chi connectivity index (χ2n) is 12.6. The van der Waals surface area contributed by atoms with Crippen molar-refractivity contribution in [3.63, 3.8) is 0 Å². The molecule has 0 saturated heterocycles. The van der Waals surface area contributed by atoms with Gasteiger partial charge in [-0.2, -0.15) is 24.8 Å². The van der Waals surface area contributed by atoms with Crippen LogP contribution in [-0.4, -0.2) is 19.9 Å². The smallest absolute Gasteiger partial charge is 0.0886 e. The third kappa shape index (κ3) is 9.47. The number of hydrogen-bond donors (Lipinski definition) is 0. The van der Waals surface area contributed by atoms with Crippen molar-refractivity contribution in [3.8, 4) is 11.4 Å². The molecule has 5 aromatic rings. The molecule has 4 aliphatic carbocycles. The molecule has 9 rings (SSSR count). The Morgan fingerprint density at radius 2 is 1.11 bits per heavy atom. The Kier molecular flexibility index (Phi) is 11.5. The maximum Gasteiger partial charge on any atom is 0.0886 e. The van der Waals surface area contributed by atoms with Gasteiger partial charge in [0.25, 0.3) is 0 Å². The molecule has 0 atom stereocenters. The third-order valence-electron chi connectivity index (χ3n) is 8.62. The molecule has 4 heterocycles. The minimum Gasteiger partial charge on any atom is -0.670 e. The normalized spacial score (nSPS) is 22.5. The van der Waals surface area contributed by atoms with Crippen LogP contribution < -0.4 is 9.97 Å². The molecule has 5 nitrogen and oxygen atoms in total. The van der Waals surface area contributed by atoms with E-state index in [-0.39, 0.29) is 23.3 Å². The largest absolute Gasteiger partial charge is 0.670 e. The Bertz CT molecular complexity index is 1390. The average molecular weight is 666 g/mol. The molecule has 1 aromatic carbocycles. The summed E-state index contributed by atoms with van der Waals surface area (Å²) < 4.78 is 7.96. The van der Waals surface area contributed by atoms with Gasteiger partial charge in [-0.1, -0.05) is 36.4 Å². The summed E-state index contributed by atoms with van der Waals surface area (Å²) in [6, 6.07) is 30.1. The fourth-order valence-electron chi connectivity index (χ4n) is 6.91. The maximum atomic E-state index is 5.40. The van der Waals surface area contributed by atoms with Gasteiger partial charge in [0.15, 0.2) is 0 Å². The van der Waals surface area contributed by atoms with Gasteiger partial charge in [-0.3, -0.25) is 9.97 Å². The predicted molar refractivity (Wildman–Crippen MR) is 176 cm³/mol. The standard InChI is InChI=1S/C10H8N2.C10H15N.C10H12.2C4H4N.Mo/c1-3-7-11-9(5-1)10-6-2-4-8-12-10;11-10-4-7-1-8(5-10)3-9(2-7)6-10;1-10(2,3)9-7-5-4-6-8-9;2*1-2-4-5-3-1;/h1-8H;7-9H,1-6H2;1,4-8H,2-3H3;2*1-4H;/q;;;2*-1;+2. The van der Waals surface area contributed by atoms with E-state index < -0.39 is 0 Å². The zero-order valence-electron chi connectivity index (χ0n) is 25.8. The van der Waals surface area contributed by atoms with Crippen molar-refractivity contribution < 1.29 is 17.9 Å². The first kappa shape index (κ1) is 31.9. The molecule has 4 bridgehead atoms. The van der Waals surface area contributed by atoms with E-state index in [1.807, 2.05) is 60.7 Å². The first-order valence-corrected chi connectivity index (χ1v) is 17.7. The Hall–Kier alpha value is -3.56. The van der Waals surface area contributed by atoms with Gasteiger partial charge in [0.1, 0.15) is 0 Å². The molecule has 0 amide bonds. The van der Waals surface area contributed by atoms with Gasteiger partial charge in [0, 0.05) is 12.4 Å². The van der Waals surface area contributed by atoms with Gasteiger partial charge in [0.2, 0.25) is 0 Å². The SMILES string of the molecule is CC(C)([CH]=[Mo+2]=[N]C12CC3CC(CC(C3)C1)C2)c1ccccc1.c1cc[n-]c1.c1cc[n-]c1.c1ccc(-c2ccccn2)nc1. The van der Waals surface area contributed by atoms with E-state index in [2.05, 4.69) is 68.5 Å². The Balaban J connectivity index is 0.000000144. The third-order valence-corrected chi connectivity index (χ3v) is 11.5. The minimum absolute atomic E-state index is 0.176. The molecule has 4 fully saturated rings. The van der Waals surface area contributed by atoms with Crippen molar-refractivity contribution in [2.75, 3.05) is 0 Å². The van der Waals surface area contributed by atoms with E-state index >= 15 is 0 Å². The molecule has 6 heteroatoms. The van der Waals surface area contributed by atoms with Crippen molar-refractivity contribution in [3.05, 3.63) is 134 Å².